The van der Waals surface area contributed by atoms with Gasteiger partial charge in [0, 0.05) is 6.61 Å². The van der Waals surface area contributed by atoms with Crippen LogP contribution < -0.4 is 5.14 Å². The van der Waals surface area contributed by atoms with Crippen LogP contribution in [0.4, 0.5) is 0 Å². The van der Waals surface area contributed by atoms with E-state index in [-0.39, 0.29) is 11.7 Å². The minimum absolute atomic E-state index is 0.00326. The maximum atomic E-state index is 10.6. The van der Waals surface area contributed by atoms with E-state index in [0.29, 0.717) is 13.2 Å². The van der Waals surface area contributed by atoms with Crippen LogP contribution in [0.15, 0.2) is 0 Å². The van der Waals surface area contributed by atoms with Gasteiger partial charge in [-0.2, -0.15) is 0 Å². The highest BCUT2D eigenvalue weighted by Gasteiger charge is 2.10. The van der Waals surface area contributed by atoms with Crippen molar-refractivity contribution in [2.75, 3.05) is 19.0 Å². The number of nitrogens with two attached hydrogens (primary N) is 1. The fraction of sp³-hybridized carbons (Fsp3) is 1.00. The molecule has 74 valence electrons. The normalized spacial score (nSPS) is 14.6. The SMILES string of the molecule is CCCOCC(C)CS(N)(=O)=O. The Hall–Kier alpha value is -0.130. The molecule has 0 spiro atoms. The molecular formula is C7H17NO3S. The molecule has 1 atom stereocenters. The second-order valence-corrected chi connectivity index (χ2v) is 4.67. The van der Waals surface area contributed by atoms with Crippen molar-refractivity contribution in [3.63, 3.8) is 0 Å². The Bertz CT molecular complexity index is 201. The van der Waals surface area contributed by atoms with Crippen molar-refractivity contribution in [3.05, 3.63) is 0 Å². The number of rotatable bonds is 6. The molecule has 1 unspecified atom stereocenters. The predicted octanol–water partition coefficient (Wildman–Crippen LogP) is 0.338. The lowest BCUT2D eigenvalue weighted by Crippen LogP contribution is -2.24. The number of primary sulfonamides is 1. The van der Waals surface area contributed by atoms with Crippen LogP contribution >= 0.6 is 0 Å². The minimum Gasteiger partial charge on any atom is -0.381 e. The Balaban J connectivity index is 3.53. The van der Waals surface area contributed by atoms with Gasteiger partial charge in [-0.1, -0.05) is 13.8 Å². The van der Waals surface area contributed by atoms with E-state index >= 15 is 0 Å². The molecule has 0 heterocycles. The first-order valence-electron chi connectivity index (χ1n) is 4.04. The summed E-state index contributed by atoms with van der Waals surface area (Å²) < 4.78 is 26.4. The van der Waals surface area contributed by atoms with E-state index < -0.39 is 10.0 Å². The van der Waals surface area contributed by atoms with Crippen LogP contribution in [-0.4, -0.2) is 27.4 Å². The van der Waals surface area contributed by atoms with E-state index in [0.717, 1.165) is 6.42 Å². The first-order valence-corrected chi connectivity index (χ1v) is 5.75. The zero-order valence-corrected chi connectivity index (χ0v) is 8.43. The van der Waals surface area contributed by atoms with Gasteiger partial charge >= 0.3 is 0 Å². The maximum absolute atomic E-state index is 10.6. The van der Waals surface area contributed by atoms with E-state index in [1.54, 1.807) is 6.92 Å². The Labute approximate surface area is 74.1 Å². The molecule has 0 rings (SSSR count). The van der Waals surface area contributed by atoms with E-state index in [1.807, 2.05) is 6.92 Å². The van der Waals surface area contributed by atoms with Gasteiger partial charge in [0.25, 0.3) is 0 Å². The van der Waals surface area contributed by atoms with Gasteiger partial charge in [0.15, 0.2) is 0 Å². The molecule has 0 aromatic rings. The van der Waals surface area contributed by atoms with Crippen LogP contribution in [-0.2, 0) is 14.8 Å². The predicted molar refractivity (Wildman–Crippen MR) is 48.2 cm³/mol. The van der Waals surface area contributed by atoms with E-state index in [2.05, 4.69) is 0 Å². The molecular weight excluding hydrogens is 178 g/mol. The fourth-order valence-electron chi connectivity index (χ4n) is 0.874. The van der Waals surface area contributed by atoms with E-state index in [9.17, 15) is 8.42 Å². The Morgan fingerprint density at radius 1 is 1.50 bits per heavy atom. The number of sulfonamides is 1. The zero-order valence-electron chi connectivity index (χ0n) is 7.62. The third-order valence-corrected chi connectivity index (χ3v) is 2.30. The van der Waals surface area contributed by atoms with Crippen LogP contribution in [0.5, 0.6) is 0 Å². The summed E-state index contributed by atoms with van der Waals surface area (Å²) in [5.41, 5.74) is 0. The Kier molecular flexibility index (Phi) is 5.44. The molecule has 0 bridgehead atoms. The monoisotopic (exact) mass is 195 g/mol. The minimum atomic E-state index is -3.34. The Morgan fingerprint density at radius 2 is 2.08 bits per heavy atom. The largest absolute Gasteiger partial charge is 0.381 e. The summed E-state index contributed by atoms with van der Waals surface area (Å²) in [5.74, 6) is -0.0250. The van der Waals surface area contributed by atoms with Gasteiger partial charge in [0.1, 0.15) is 0 Å². The van der Waals surface area contributed by atoms with Gasteiger partial charge in [-0.25, -0.2) is 13.6 Å². The standard InChI is InChI=1S/C7H17NO3S/c1-3-4-11-5-7(2)6-12(8,9)10/h7H,3-6H2,1-2H3,(H2,8,9,10). The molecule has 0 aromatic carbocycles. The topological polar surface area (TPSA) is 69.4 Å². The summed E-state index contributed by atoms with van der Waals surface area (Å²) in [6, 6.07) is 0. The molecule has 0 aliphatic rings. The van der Waals surface area contributed by atoms with Crippen molar-refractivity contribution in [3.8, 4) is 0 Å². The molecule has 2 N–H and O–H groups in total. The molecule has 5 heteroatoms. The van der Waals surface area contributed by atoms with Crippen LogP contribution in [0.25, 0.3) is 0 Å². The molecule has 0 saturated carbocycles. The van der Waals surface area contributed by atoms with Crippen molar-refractivity contribution in [1.29, 1.82) is 0 Å². The third-order valence-electron chi connectivity index (χ3n) is 1.27. The van der Waals surface area contributed by atoms with Crippen LogP contribution in [0.2, 0.25) is 0 Å². The van der Waals surface area contributed by atoms with Gasteiger partial charge in [-0.05, 0) is 12.3 Å². The lowest BCUT2D eigenvalue weighted by molar-refractivity contribution is 0.111. The molecule has 12 heavy (non-hydrogen) atoms. The van der Waals surface area contributed by atoms with Gasteiger partial charge in [-0.15, -0.1) is 0 Å². The molecule has 4 nitrogen and oxygen atoms in total. The smallest absolute Gasteiger partial charge is 0.209 e. The average Bonchev–Trinajstić information content (AvgIpc) is 1.84. The van der Waals surface area contributed by atoms with Crippen LogP contribution in [0.1, 0.15) is 20.3 Å². The van der Waals surface area contributed by atoms with Crippen molar-refractivity contribution in [2.45, 2.75) is 20.3 Å². The van der Waals surface area contributed by atoms with Crippen molar-refractivity contribution in [1.82, 2.24) is 0 Å². The van der Waals surface area contributed by atoms with Crippen molar-refractivity contribution >= 4 is 10.0 Å². The molecule has 0 aliphatic heterocycles. The Morgan fingerprint density at radius 3 is 2.50 bits per heavy atom. The van der Waals surface area contributed by atoms with Gasteiger partial charge in [-0.3, -0.25) is 0 Å². The summed E-state index contributed by atoms with van der Waals surface area (Å²) in [6.07, 6.45) is 0.947. The first kappa shape index (κ1) is 11.9. The molecule has 0 amide bonds. The number of ether oxygens (including phenoxy) is 1. The second kappa shape index (κ2) is 5.50. The van der Waals surface area contributed by atoms with Crippen molar-refractivity contribution in [2.24, 2.45) is 11.1 Å². The highest BCUT2D eigenvalue weighted by atomic mass is 32.2. The summed E-state index contributed by atoms with van der Waals surface area (Å²) in [5, 5.41) is 4.86. The maximum Gasteiger partial charge on any atom is 0.209 e. The molecule has 0 saturated heterocycles. The summed E-state index contributed by atoms with van der Waals surface area (Å²) in [7, 11) is -3.34. The van der Waals surface area contributed by atoms with Gasteiger partial charge < -0.3 is 4.74 Å². The highest BCUT2D eigenvalue weighted by molar-refractivity contribution is 7.89. The quantitative estimate of drug-likeness (QED) is 0.621. The first-order chi connectivity index (χ1) is 5.45. The molecule has 0 radical (unpaired) electrons. The molecule has 0 fully saturated rings. The average molecular weight is 195 g/mol. The van der Waals surface area contributed by atoms with E-state index in [4.69, 9.17) is 9.88 Å². The molecule has 0 aromatic heterocycles. The van der Waals surface area contributed by atoms with Gasteiger partial charge in [0.2, 0.25) is 10.0 Å². The fourth-order valence-corrected chi connectivity index (χ4v) is 1.76. The van der Waals surface area contributed by atoms with Gasteiger partial charge in [0.05, 0.1) is 12.4 Å². The lowest BCUT2D eigenvalue weighted by atomic mass is 10.2. The van der Waals surface area contributed by atoms with E-state index in [1.165, 1.54) is 0 Å². The molecule has 0 aliphatic carbocycles. The van der Waals surface area contributed by atoms with Crippen LogP contribution in [0, 0.1) is 5.92 Å². The summed E-state index contributed by atoms with van der Waals surface area (Å²) in [4.78, 5) is 0. The second-order valence-electron chi connectivity index (χ2n) is 3.01. The zero-order chi connectivity index (χ0) is 9.61. The van der Waals surface area contributed by atoms with Crippen LogP contribution in [0.3, 0.4) is 0 Å². The number of hydrogen-bond donors (Lipinski definition) is 1. The lowest BCUT2D eigenvalue weighted by Gasteiger charge is -2.09. The summed E-state index contributed by atoms with van der Waals surface area (Å²) >= 11 is 0. The highest BCUT2D eigenvalue weighted by Crippen LogP contribution is 1.98. The van der Waals surface area contributed by atoms with Crippen molar-refractivity contribution < 1.29 is 13.2 Å². The number of hydrogen-bond acceptors (Lipinski definition) is 3. The third kappa shape index (κ3) is 7.97. The summed E-state index contributed by atoms with van der Waals surface area (Å²) in [6.45, 7) is 4.95.